The Bertz CT molecular complexity index is 437. The summed E-state index contributed by atoms with van der Waals surface area (Å²) < 4.78 is 22.5. The van der Waals surface area contributed by atoms with Gasteiger partial charge in [0.15, 0.2) is 14.9 Å². The molecule has 0 aromatic heterocycles. The Morgan fingerprint density at radius 3 is 2.60 bits per heavy atom. The van der Waals surface area contributed by atoms with E-state index in [0.29, 0.717) is 18.1 Å². The lowest BCUT2D eigenvalue weighted by molar-refractivity contribution is -0.121. The zero-order valence-electron chi connectivity index (χ0n) is 11.8. The van der Waals surface area contributed by atoms with Gasteiger partial charge in [-0.25, -0.2) is 8.42 Å². The van der Waals surface area contributed by atoms with Gasteiger partial charge in [-0.15, -0.1) is 0 Å². The van der Waals surface area contributed by atoms with Crippen LogP contribution < -0.4 is 16.0 Å². The molecule has 3 N–H and O–H groups in total. The third kappa shape index (κ3) is 7.04. The van der Waals surface area contributed by atoms with Gasteiger partial charge in [0, 0.05) is 25.6 Å². The van der Waals surface area contributed by atoms with E-state index in [-0.39, 0.29) is 29.9 Å². The highest BCUT2D eigenvalue weighted by Crippen LogP contribution is 2.11. The number of carbonyl (C=O) groups is 1. The molecule has 1 unspecified atom stereocenters. The molecule has 0 spiro atoms. The molecule has 1 rings (SSSR count). The molecular weight excluding hydrogens is 298 g/mol. The predicted molar refractivity (Wildman–Crippen MR) is 83.3 cm³/mol. The predicted octanol–water partition coefficient (Wildman–Crippen LogP) is -0.0560. The highest BCUT2D eigenvalue weighted by atomic mass is 32.2. The first-order chi connectivity index (χ1) is 9.43. The number of carbonyl (C=O) groups excluding carboxylic acids is 1. The summed E-state index contributed by atoms with van der Waals surface area (Å²) in [4.78, 5) is 11.6. The first-order valence-electron chi connectivity index (χ1n) is 6.94. The van der Waals surface area contributed by atoms with E-state index in [2.05, 4.69) is 22.9 Å². The molecule has 1 saturated heterocycles. The molecule has 116 valence electrons. The van der Waals surface area contributed by atoms with Crippen LogP contribution in [0.1, 0.15) is 32.6 Å². The van der Waals surface area contributed by atoms with Gasteiger partial charge in [0.1, 0.15) is 0 Å². The number of unbranched alkanes of at least 4 members (excludes halogenated alkanes) is 1. The van der Waals surface area contributed by atoms with Crippen LogP contribution in [0, 0.1) is 0 Å². The molecule has 1 fully saturated rings. The van der Waals surface area contributed by atoms with Gasteiger partial charge in [-0.2, -0.15) is 0 Å². The highest BCUT2D eigenvalue weighted by molar-refractivity contribution is 7.91. The minimum atomic E-state index is -2.95. The molecule has 1 heterocycles. The van der Waals surface area contributed by atoms with Crippen LogP contribution in [0.2, 0.25) is 0 Å². The van der Waals surface area contributed by atoms with E-state index in [0.717, 1.165) is 19.4 Å². The van der Waals surface area contributed by atoms with Gasteiger partial charge >= 0.3 is 0 Å². The summed E-state index contributed by atoms with van der Waals surface area (Å²) in [5.74, 6) is 0.0843. The van der Waals surface area contributed by atoms with E-state index < -0.39 is 9.84 Å². The zero-order valence-corrected chi connectivity index (χ0v) is 13.4. The Labute approximate surface area is 126 Å². The van der Waals surface area contributed by atoms with E-state index >= 15 is 0 Å². The van der Waals surface area contributed by atoms with E-state index in [4.69, 9.17) is 12.2 Å². The largest absolute Gasteiger partial charge is 0.363 e. The standard InChI is InChI=1S/C12H23N3O3S2/c1-2-3-6-13-12(19)14-7-4-11(16)15-10-5-8-20(17,18)9-10/h10H,2-9H2,1H3,(H,15,16)(H2,13,14,19). The molecule has 20 heavy (non-hydrogen) atoms. The van der Waals surface area contributed by atoms with Crippen molar-refractivity contribution in [3.05, 3.63) is 0 Å². The number of sulfone groups is 1. The summed E-state index contributed by atoms with van der Waals surface area (Å²) in [6.07, 6.45) is 2.95. The average Bonchev–Trinajstić information content (AvgIpc) is 2.69. The van der Waals surface area contributed by atoms with Gasteiger partial charge in [-0.1, -0.05) is 13.3 Å². The maximum absolute atomic E-state index is 11.6. The van der Waals surface area contributed by atoms with Gasteiger partial charge < -0.3 is 16.0 Å². The Morgan fingerprint density at radius 1 is 1.30 bits per heavy atom. The summed E-state index contributed by atoms with van der Waals surface area (Å²) in [7, 11) is -2.95. The van der Waals surface area contributed by atoms with E-state index in [1.165, 1.54) is 0 Å². The van der Waals surface area contributed by atoms with Crippen molar-refractivity contribution in [2.45, 2.75) is 38.6 Å². The Balaban J connectivity index is 2.10. The van der Waals surface area contributed by atoms with Crippen LogP contribution in [-0.2, 0) is 14.6 Å². The topological polar surface area (TPSA) is 87.3 Å². The smallest absolute Gasteiger partial charge is 0.222 e. The van der Waals surface area contributed by atoms with Crippen molar-refractivity contribution in [2.75, 3.05) is 24.6 Å². The van der Waals surface area contributed by atoms with Crippen LogP contribution in [-0.4, -0.2) is 50.1 Å². The average molecular weight is 321 g/mol. The van der Waals surface area contributed by atoms with Gasteiger partial charge in [-0.3, -0.25) is 4.79 Å². The minimum absolute atomic E-state index is 0.0587. The summed E-state index contributed by atoms with van der Waals surface area (Å²) >= 11 is 5.06. The molecule has 1 amide bonds. The first kappa shape index (κ1) is 17.2. The lowest BCUT2D eigenvalue weighted by Crippen LogP contribution is -2.40. The quantitative estimate of drug-likeness (QED) is 0.450. The van der Waals surface area contributed by atoms with Crippen LogP contribution in [0.15, 0.2) is 0 Å². The van der Waals surface area contributed by atoms with Crippen LogP contribution in [0.4, 0.5) is 0 Å². The number of nitrogens with one attached hydrogen (secondary N) is 3. The van der Waals surface area contributed by atoms with Crippen LogP contribution in [0.5, 0.6) is 0 Å². The molecule has 1 aliphatic rings. The maximum Gasteiger partial charge on any atom is 0.222 e. The third-order valence-corrected chi connectivity index (χ3v) is 5.11. The minimum Gasteiger partial charge on any atom is -0.363 e. The molecule has 8 heteroatoms. The number of thiocarbonyl (C=S) groups is 1. The lowest BCUT2D eigenvalue weighted by Gasteiger charge is -2.12. The second kappa shape index (κ2) is 8.41. The van der Waals surface area contributed by atoms with Crippen LogP contribution in [0.3, 0.4) is 0 Å². The SMILES string of the molecule is CCCCNC(=S)NCCC(=O)NC1CCS(=O)(=O)C1. The molecule has 0 aliphatic carbocycles. The van der Waals surface area contributed by atoms with Gasteiger partial charge in [0.05, 0.1) is 11.5 Å². The first-order valence-corrected chi connectivity index (χ1v) is 9.17. The Morgan fingerprint density at radius 2 is 2.00 bits per heavy atom. The van der Waals surface area contributed by atoms with Crippen molar-refractivity contribution in [1.82, 2.24) is 16.0 Å². The lowest BCUT2D eigenvalue weighted by atomic mass is 10.2. The van der Waals surface area contributed by atoms with Gasteiger partial charge in [-0.05, 0) is 25.1 Å². The molecule has 0 aromatic rings. The number of hydrogen-bond acceptors (Lipinski definition) is 4. The third-order valence-electron chi connectivity index (χ3n) is 3.05. The maximum atomic E-state index is 11.6. The highest BCUT2D eigenvalue weighted by Gasteiger charge is 2.28. The van der Waals surface area contributed by atoms with E-state index in [1.807, 2.05) is 0 Å². The monoisotopic (exact) mass is 321 g/mol. The van der Waals surface area contributed by atoms with Gasteiger partial charge in [0.25, 0.3) is 0 Å². The molecule has 0 saturated carbocycles. The molecule has 1 aliphatic heterocycles. The molecule has 1 atom stereocenters. The molecular formula is C12H23N3O3S2. The fraction of sp³-hybridized carbons (Fsp3) is 0.833. The number of hydrogen-bond donors (Lipinski definition) is 3. The summed E-state index contributed by atoms with van der Waals surface area (Å²) in [6.45, 7) is 3.38. The fourth-order valence-electron chi connectivity index (χ4n) is 1.94. The number of amides is 1. The summed E-state index contributed by atoms with van der Waals surface area (Å²) in [5.41, 5.74) is 0. The summed E-state index contributed by atoms with van der Waals surface area (Å²) in [5, 5.41) is 9.29. The van der Waals surface area contributed by atoms with Crippen molar-refractivity contribution >= 4 is 33.1 Å². The second-order valence-electron chi connectivity index (χ2n) is 4.95. The number of rotatable bonds is 7. The van der Waals surface area contributed by atoms with Crippen LogP contribution >= 0.6 is 12.2 Å². The van der Waals surface area contributed by atoms with Gasteiger partial charge in [0.2, 0.25) is 5.91 Å². The molecule has 6 nitrogen and oxygen atoms in total. The second-order valence-corrected chi connectivity index (χ2v) is 7.59. The Hall–Kier alpha value is -0.890. The van der Waals surface area contributed by atoms with E-state index in [1.54, 1.807) is 0 Å². The van der Waals surface area contributed by atoms with E-state index in [9.17, 15) is 13.2 Å². The zero-order chi connectivity index (χ0) is 15.0. The Kier molecular flexibility index (Phi) is 7.22. The normalized spacial score (nSPS) is 20.4. The van der Waals surface area contributed by atoms with Crippen molar-refractivity contribution in [2.24, 2.45) is 0 Å². The molecule has 0 bridgehead atoms. The van der Waals surface area contributed by atoms with Crippen molar-refractivity contribution in [3.63, 3.8) is 0 Å². The van der Waals surface area contributed by atoms with Crippen molar-refractivity contribution in [3.8, 4) is 0 Å². The summed E-state index contributed by atoms with van der Waals surface area (Å²) in [6, 6.07) is -0.234. The van der Waals surface area contributed by atoms with Crippen molar-refractivity contribution < 1.29 is 13.2 Å². The fourth-order valence-corrected chi connectivity index (χ4v) is 3.82. The molecule has 0 aromatic carbocycles. The van der Waals surface area contributed by atoms with Crippen LogP contribution in [0.25, 0.3) is 0 Å². The van der Waals surface area contributed by atoms with Crippen molar-refractivity contribution in [1.29, 1.82) is 0 Å². The molecule has 0 radical (unpaired) electrons.